The molecule has 1 aromatic heterocycles. The highest BCUT2D eigenvalue weighted by Crippen LogP contribution is 2.27. The summed E-state index contributed by atoms with van der Waals surface area (Å²) in [6, 6.07) is 7.54. The summed E-state index contributed by atoms with van der Waals surface area (Å²) in [5.74, 6) is -0.0950. The molecule has 0 fully saturated rings. The Balaban J connectivity index is 2.07. The zero-order valence-electron chi connectivity index (χ0n) is 14.5. The third-order valence-corrected chi connectivity index (χ3v) is 4.99. The number of amides is 1. The number of aliphatic hydroxyl groups excluding tert-OH is 1. The molecule has 1 heterocycles. The van der Waals surface area contributed by atoms with Gasteiger partial charge >= 0.3 is 0 Å². The van der Waals surface area contributed by atoms with Crippen molar-refractivity contribution >= 4 is 17.5 Å². The molecule has 134 valence electrons. The van der Waals surface area contributed by atoms with E-state index in [1.165, 1.54) is 0 Å². The summed E-state index contributed by atoms with van der Waals surface area (Å²) >= 11 is 6.01. The molecule has 0 saturated carbocycles. The van der Waals surface area contributed by atoms with Gasteiger partial charge in [-0.3, -0.25) is 4.79 Å². The number of nitrogens with zero attached hydrogens (tertiary/aromatic N) is 3. The summed E-state index contributed by atoms with van der Waals surface area (Å²) < 4.78 is 1.90. The molecule has 1 aromatic carbocycles. The molecule has 0 bridgehead atoms. The molecule has 1 N–H and O–H groups in total. The van der Waals surface area contributed by atoms with Crippen molar-refractivity contribution in [3.63, 3.8) is 0 Å². The van der Waals surface area contributed by atoms with Crippen LogP contribution < -0.4 is 0 Å². The van der Waals surface area contributed by atoms with Gasteiger partial charge in [-0.1, -0.05) is 18.0 Å². The van der Waals surface area contributed by atoms with E-state index >= 15 is 0 Å². The average molecular weight is 362 g/mol. The summed E-state index contributed by atoms with van der Waals surface area (Å²) in [5, 5.41) is 14.6. The summed E-state index contributed by atoms with van der Waals surface area (Å²) in [5.41, 5.74) is 3.64. The first kappa shape index (κ1) is 18.0. The standard InChI is InChI=1S/C19H24ClN3O2/c1-2-22(12-13-24)19(25)18-16-6-4-3-5-7-17(16)23(21-18)15-10-8-14(20)9-11-15/h8-11,24H,2-7,12-13H2,1H3. The Morgan fingerprint density at radius 1 is 1.24 bits per heavy atom. The van der Waals surface area contributed by atoms with Crippen LogP contribution in [0.3, 0.4) is 0 Å². The van der Waals surface area contributed by atoms with Gasteiger partial charge in [0.2, 0.25) is 0 Å². The number of hydrogen-bond donors (Lipinski definition) is 1. The zero-order valence-corrected chi connectivity index (χ0v) is 15.3. The van der Waals surface area contributed by atoms with Gasteiger partial charge in [0.15, 0.2) is 5.69 Å². The smallest absolute Gasteiger partial charge is 0.274 e. The van der Waals surface area contributed by atoms with Crippen molar-refractivity contribution in [2.24, 2.45) is 0 Å². The van der Waals surface area contributed by atoms with Crippen LogP contribution in [0.25, 0.3) is 5.69 Å². The van der Waals surface area contributed by atoms with Crippen LogP contribution in [0, 0.1) is 0 Å². The van der Waals surface area contributed by atoms with Crippen LogP contribution in [0.4, 0.5) is 0 Å². The van der Waals surface area contributed by atoms with Gasteiger partial charge in [0.05, 0.1) is 12.3 Å². The van der Waals surface area contributed by atoms with Gasteiger partial charge in [-0.15, -0.1) is 0 Å². The Kier molecular flexibility index (Phi) is 5.76. The van der Waals surface area contributed by atoms with Crippen molar-refractivity contribution in [1.82, 2.24) is 14.7 Å². The van der Waals surface area contributed by atoms with E-state index in [0.29, 0.717) is 23.8 Å². The van der Waals surface area contributed by atoms with Gasteiger partial charge in [0, 0.05) is 29.4 Å². The van der Waals surface area contributed by atoms with Crippen LogP contribution >= 0.6 is 11.6 Å². The lowest BCUT2D eigenvalue weighted by atomic mass is 10.1. The lowest BCUT2D eigenvalue weighted by Gasteiger charge is -2.19. The second-order valence-corrected chi connectivity index (χ2v) is 6.77. The number of carbonyl (C=O) groups excluding carboxylic acids is 1. The normalized spacial score (nSPS) is 14.0. The van der Waals surface area contributed by atoms with Crippen LogP contribution in [-0.2, 0) is 12.8 Å². The van der Waals surface area contributed by atoms with E-state index in [4.69, 9.17) is 11.6 Å². The number of carbonyl (C=O) groups is 1. The van der Waals surface area contributed by atoms with Crippen molar-refractivity contribution in [2.75, 3.05) is 19.7 Å². The highest BCUT2D eigenvalue weighted by atomic mass is 35.5. The molecule has 2 aromatic rings. The van der Waals surface area contributed by atoms with E-state index in [0.717, 1.165) is 49.0 Å². The number of halogens is 1. The minimum absolute atomic E-state index is 0.0420. The van der Waals surface area contributed by atoms with E-state index in [-0.39, 0.29) is 12.5 Å². The number of hydrogen-bond acceptors (Lipinski definition) is 3. The van der Waals surface area contributed by atoms with E-state index in [9.17, 15) is 9.90 Å². The first-order valence-corrected chi connectivity index (χ1v) is 9.30. The molecular weight excluding hydrogens is 338 g/mol. The predicted octanol–water partition coefficient (Wildman–Crippen LogP) is 3.25. The molecule has 0 unspecified atom stereocenters. The van der Waals surface area contributed by atoms with Gasteiger partial charge in [0.25, 0.3) is 5.91 Å². The maximum atomic E-state index is 13.0. The van der Waals surface area contributed by atoms with Crippen LogP contribution in [0.5, 0.6) is 0 Å². The molecule has 1 amide bonds. The largest absolute Gasteiger partial charge is 0.395 e. The van der Waals surface area contributed by atoms with E-state index in [1.807, 2.05) is 35.9 Å². The van der Waals surface area contributed by atoms with Gasteiger partial charge in [-0.05, 0) is 56.9 Å². The third-order valence-electron chi connectivity index (χ3n) is 4.74. The van der Waals surface area contributed by atoms with Gasteiger partial charge < -0.3 is 10.0 Å². The van der Waals surface area contributed by atoms with Crippen molar-refractivity contribution in [3.8, 4) is 5.69 Å². The lowest BCUT2D eigenvalue weighted by Crippen LogP contribution is -2.34. The molecule has 0 saturated heterocycles. The maximum Gasteiger partial charge on any atom is 0.274 e. The molecule has 3 rings (SSSR count). The maximum absolute atomic E-state index is 13.0. The Morgan fingerprint density at radius 2 is 1.96 bits per heavy atom. The minimum Gasteiger partial charge on any atom is -0.395 e. The van der Waals surface area contributed by atoms with E-state index < -0.39 is 0 Å². The van der Waals surface area contributed by atoms with Crippen LogP contribution in [0.2, 0.25) is 5.02 Å². The monoisotopic (exact) mass is 361 g/mol. The van der Waals surface area contributed by atoms with Gasteiger partial charge in [0.1, 0.15) is 0 Å². The molecule has 1 aliphatic carbocycles. The molecule has 6 heteroatoms. The predicted molar refractivity (Wildman–Crippen MR) is 98.5 cm³/mol. The number of rotatable bonds is 5. The first-order valence-electron chi connectivity index (χ1n) is 8.92. The van der Waals surface area contributed by atoms with E-state index in [1.54, 1.807) is 4.90 Å². The minimum atomic E-state index is -0.0950. The topological polar surface area (TPSA) is 58.4 Å². The second kappa shape index (κ2) is 8.02. The van der Waals surface area contributed by atoms with Crippen molar-refractivity contribution in [2.45, 2.75) is 39.0 Å². The first-order chi connectivity index (χ1) is 12.2. The number of aliphatic hydroxyl groups is 1. The fraction of sp³-hybridized carbons (Fsp3) is 0.474. The highest BCUT2D eigenvalue weighted by Gasteiger charge is 2.27. The van der Waals surface area contributed by atoms with Crippen molar-refractivity contribution in [3.05, 3.63) is 46.2 Å². The Morgan fingerprint density at radius 3 is 2.64 bits per heavy atom. The van der Waals surface area contributed by atoms with Crippen LogP contribution in [0.15, 0.2) is 24.3 Å². The Hall–Kier alpha value is -1.85. The fourth-order valence-electron chi connectivity index (χ4n) is 3.42. The summed E-state index contributed by atoms with van der Waals surface area (Å²) in [4.78, 5) is 14.6. The molecule has 0 atom stereocenters. The Labute approximate surface area is 153 Å². The second-order valence-electron chi connectivity index (χ2n) is 6.33. The third kappa shape index (κ3) is 3.72. The zero-order chi connectivity index (χ0) is 17.8. The molecule has 0 aliphatic heterocycles. The fourth-order valence-corrected chi connectivity index (χ4v) is 3.54. The molecule has 0 spiro atoms. The van der Waals surface area contributed by atoms with Gasteiger partial charge in [-0.2, -0.15) is 5.10 Å². The van der Waals surface area contributed by atoms with Crippen molar-refractivity contribution < 1.29 is 9.90 Å². The lowest BCUT2D eigenvalue weighted by molar-refractivity contribution is 0.0724. The highest BCUT2D eigenvalue weighted by molar-refractivity contribution is 6.30. The number of aromatic nitrogens is 2. The molecule has 25 heavy (non-hydrogen) atoms. The van der Waals surface area contributed by atoms with Gasteiger partial charge in [-0.25, -0.2) is 4.68 Å². The molecular formula is C19H24ClN3O2. The summed E-state index contributed by atoms with van der Waals surface area (Å²) in [6.45, 7) is 2.77. The molecule has 1 aliphatic rings. The van der Waals surface area contributed by atoms with E-state index in [2.05, 4.69) is 5.10 Å². The van der Waals surface area contributed by atoms with Crippen LogP contribution in [0.1, 0.15) is 47.9 Å². The summed E-state index contributed by atoms with van der Waals surface area (Å²) in [6.07, 6.45) is 5.14. The quantitative estimate of drug-likeness (QED) is 0.832. The summed E-state index contributed by atoms with van der Waals surface area (Å²) in [7, 11) is 0. The Bertz CT molecular complexity index is 740. The van der Waals surface area contributed by atoms with Crippen molar-refractivity contribution in [1.29, 1.82) is 0 Å². The SMILES string of the molecule is CCN(CCO)C(=O)c1nn(-c2ccc(Cl)cc2)c2c1CCCCC2. The number of likely N-dealkylation sites (N-methyl/N-ethyl adjacent to an activating group) is 1. The average Bonchev–Trinajstić information content (AvgIpc) is 2.81. The number of fused-ring (bicyclic) bond motifs is 1. The van der Waals surface area contributed by atoms with Crippen LogP contribution in [-0.4, -0.2) is 45.4 Å². The number of benzene rings is 1. The molecule has 0 radical (unpaired) electrons. The molecule has 5 nitrogen and oxygen atoms in total.